The molecule has 0 heterocycles. The van der Waals surface area contributed by atoms with Gasteiger partial charge in [-0.25, -0.2) is 0 Å². The quantitative estimate of drug-likeness (QED) is 0.490. The zero-order valence-electron chi connectivity index (χ0n) is 9.07. The molecule has 0 amide bonds. The van der Waals surface area contributed by atoms with Crippen LogP contribution < -0.4 is 0 Å². The monoisotopic (exact) mass is 302 g/mol. The van der Waals surface area contributed by atoms with Crippen molar-refractivity contribution >= 4 is 26.3 Å². The Kier molecular flexibility index (Phi) is 5.64. The summed E-state index contributed by atoms with van der Waals surface area (Å²) in [7, 11) is 0. The zero-order chi connectivity index (χ0) is 9.69. The van der Waals surface area contributed by atoms with E-state index in [-0.39, 0.29) is 0 Å². The molecule has 0 bridgehead atoms. The van der Waals surface area contributed by atoms with Gasteiger partial charge in [-0.2, -0.15) is 0 Å². The van der Waals surface area contributed by atoms with Crippen molar-refractivity contribution in [3.05, 3.63) is 0 Å². The molecule has 0 spiro atoms. The van der Waals surface area contributed by atoms with E-state index in [4.69, 9.17) is 0 Å². The molecule has 0 aromatic rings. The third kappa shape index (κ3) is 3.14. The molecule has 12 heavy (non-hydrogen) atoms. The first kappa shape index (κ1) is 13.2. The van der Waals surface area contributed by atoms with Crippen LogP contribution in [0.25, 0.3) is 0 Å². The molecule has 0 fully saturated rings. The number of hydrogen-bond donors (Lipinski definition) is 0. The fraction of sp³-hybridized carbons (Fsp3) is 1.00. The van der Waals surface area contributed by atoms with Crippen molar-refractivity contribution in [2.75, 3.05) is 24.6 Å². The van der Waals surface area contributed by atoms with Crippen molar-refractivity contribution < 1.29 is 0 Å². The van der Waals surface area contributed by atoms with Crippen LogP contribution in [0.4, 0.5) is 0 Å². The molecule has 0 aromatic heterocycles. The average Bonchev–Trinajstić information content (AvgIpc) is 2.06. The average molecular weight is 302 g/mol. The van der Waals surface area contributed by atoms with E-state index in [0.717, 1.165) is 0 Å². The summed E-state index contributed by atoms with van der Waals surface area (Å²) in [6.45, 7) is 9.47. The standard InChI is InChI=1S/C10H24IP/c1-5-9-12(11,7-3,8-4)10-6-2/h5-10H2,1-4H3. The summed E-state index contributed by atoms with van der Waals surface area (Å²) in [6.07, 6.45) is 8.67. The van der Waals surface area contributed by atoms with Crippen LogP contribution in [0.15, 0.2) is 0 Å². The molecule has 0 saturated heterocycles. The number of rotatable bonds is 6. The van der Waals surface area contributed by atoms with Crippen molar-refractivity contribution in [1.82, 2.24) is 0 Å². The fourth-order valence-electron chi connectivity index (χ4n) is 2.09. The maximum atomic E-state index is 2.87. The van der Waals surface area contributed by atoms with Crippen LogP contribution in [-0.4, -0.2) is 24.6 Å². The molecule has 76 valence electrons. The van der Waals surface area contributed by atoms with Gasteiger partial charge in [0.1, 0.15) is 0 Å². The second-order valence-corrected chi connectivity index (χ2v) is 17.9. The zero-order valence-corrected chi connectivity index (χ0v) is 12.1. The van der Waals surface area contributed by atoms with E-state index in [1.165, 1.54) is 37.5 Å². The number of halogens is 1. The van der Waals surface area contributed by atoms with Gasteiger partial charge in [0.05, 0.1) is 0 Å². The molecule has 0 aromatic carbocycles. The van der Waals surface area contributed by atoms with Gasteiger partial charge in [-0.3, -0.25) is 0 Å². The van der Waals surface area contributed by atoms with Crippen molar-refractivity contribution in [2.45, 2.75) is 40.5 Å². The molecule has 0 radical (unpaired) electrons. The number of hydrogen-bond acceptors (Lipinski definition) is 0. The second-order valence-electron chi connectivity index (χ2n) is 3.90. The van der Waals surface area contributed by atoms with Crippen molar-refractivity contribution in [3.63, 3.8) is 0 Å². The normalized spacial score (nSPS) is 15.6. The summed E-state index contributed by atoms with van der Waals surface area (Å²) >= 11 is 2.87. The van der Waals surface area contributed by atoms with Gasteiger partial charge in [0.25, 0.3) is 0 Å². The van der Waals surface area contributed by atoms with E-state index in [1.807, 2.05) is 0 Å². The van der Waals surface area contributed by atoms with Crippen LogP contribution >= 0.6 is 26.3 Å². The Hall–Kier alpha value is 1.16. The minimum atomic E-state index is -1.24. The van der Waals surface area contributed by atoms with Gasteiger partial charge in [-0.15, -0.1) is 0 Å². The first-order chi connectivity index (χ1) is 5.54. The SMILES string of the molecule is CCCP(I)(CC)(CC)CCC. The second kappa shape index (κ2) is 5.14. The Labute approximate surface area is 91.3 Å². The Morgan fingerprint density at radius 3 is 1.33 bits per heavy atom. The summed E-state index contributed by atoms with van der Waals surface area (Å²) in [4.78, 5) is 0. The summed E-state index contributed by atoms with van der Waals surface area (Å²) in [6, 6.07) is 0. The molecule has 0 atom stereocenters. The first-order valence-corrected chi connectivity index (χ1v) is 11.0. The fourth-order valence-corrected chi connectivity index (χ4v) is 9.15. The molecule has 0 aliphatic heterocycles. The minimum absolute atomic E-state index is 1.24. The van der Waals surface area contributed by atoms with Gasteiger partial charge < -0.3 is 0 Å². The Morgan fingerprint density at radius 1 is 0.833 bits per heavy atom. The molecular formula is C10H24IP. The summed E-state index contributed by atoms with van der Waals surface area (Å²) < 4.78 is -1.24. The molecular weight excluding hydrogens is 278 g/mol. The van der Waals surface area contributed by atoms with Gasteiger partial charge in [0, 0.05) is 0 Å². The molecule has 0 aliphatic rings. The molecule has 2 heteroatoms. The van der Waals surface area contributed by atoms with Crippen molar-refractivity contribution in [1.29, 1.82) is 0 Å². The molecule has 0 unspecified atom stereocenters. The first-order valence-electron chi connectivity index (χ1n) is 5.26. The van der Waals surface area contributed by atoms with Crippen LogP contribution in [-0.2, 0) is 0 Å². The third-order valence-electron chi connectivity index (χ3n) is 3.15. The predicted molar refractivity (Wildman–Crippen MR) is 72.3 cm³/mol. The molecule has 0 aliphatic carbocycles. The van der Waals surface area contributed by atoms with Gasteiger partial charge in [0.15, 0.2) is 0 Å². The van der Waals surface area contributed by atoms with Gasteiger partial charge >= 0.3 is 91.5 Å². The van der Waals surface area contributed by atoms with Crippen molar-refractivity contribution in [2.24, 2.45) is 0 Å². The Bertz CT molecular complexity index is 120. The van der Waals surface area contributed by atoms with Gasteiger partial charge in [-0.05, 0) is 0 Å². The van der Waals surface area contributed by atoms with E-state index in [1.54, 1.807) is 0 Å². The molecule has 0 rings (SSSR count). The Balaban J connectivity index is 4.50. The van der Waals surface area contributed by atoms with E-state index in [0.29, 0.717) is 0 Å². The van der Waals surface area contributed by atoms with Crippen LogP contribution in [0, 0.1) is 0 Å². The summed E-state index contributed by atoms with van der Waals surface area (Å²) in [5.41, 5.74) is 0. The predicted octanol–water partition coefficient (Wildman–Crippen LogP) is 4.75. The van der Waals surface area contributed by atoms with Gasteiger partial charge in [0.2, 0.25) is 0 Å². The van der Waals surface area contributed by atoms with E-state index in [9.17, 15) is 0 Å². The maximum absolute atomic E-state index is 2.87. The van der Waals surface area contributed by atoms with E-state index in [2.05, 4.69) is 49.7 Å². The molecule has 0 N–H and O–H groups in total. The van der Waals surface area contributed by atoms with Crippen LogP contribution in [0.2, 0.25) is 0 Å². The molecule has 0 saturated carbocycles. The van der Waals surface area contributed by atoms with Gasteiger partial charge in [-0.1, -0.05) is 0 Å². The van der Waals surface area contributed by atoms with E-state index >= 15 is 0 Å². The Morgan fingerprint density at radius 2 is 1.17 bits per heavy atom. The van der Waals surface area contributed by atoms with Crippen molar-refractivity contribution in [3.8, 4) is 0 Å². The topological polar surface area (TPSA) is 0 Å². The summed E-state index contributed by atoms with van der Waals surface area (Å²) in [5, 5.41) is 0. The van der Waals surface area contributed by atoms with Crippen LogP contribution in [0.5, 0.6) is 0 Å². The third-order valence-corrected chi connectivity index (χ3v) is 16.4. The van der Waals surface area contributed by atoms with Crippen LogP contribution in [0.1, 0.15) is 40.5 Å². The summed E-state index contributed by atoms with van der Waals surface area (Å²) in [5.74, 6) is 0. The van der Waals surface area contributed by atoms with E-state index < -0.39 is 4.25 Å². The van der Waals surface area contributed by atoms with Crippen LogP contribution in [0.3, 0.4) is 0 Å². The molecule has 0 nitrogen and oxygen atoms in total.